The summed E-state index contributed by atoms with van der Waals surface area (Å²) in [4.78, 5) is 37.6. The molecule has 1 atom stereocenters. The molecule has 0 bridgehead atoms. The Morgan fingerprint density at radius 3 is 2.45 bits per heavy atom. The van der Waals surface area contributed by atoms with Crippen molar-refractivity contribution in [1.29, 1.82) is 0 Å². The number of carbonyl (C=O) groups is 3. The third-order valence-corrected chi connectivity index (χ3v) is 3.10. The Balaban J connectivity index is 3.06. The van der Waals surface area contributed by atoms with Crippen LogP contribution in [0.4, 0.5) is 15.3 Å². The number of urea groups is 2. The van der Waals surface area contributed by atoms with E-state index >= 15 is 0 Å². The second-order valence-electron chi connectivity index (χ2n) is 4.52. The van der Waals surface area contributed by atoms with Gasteiger partial charge >= 0.3 is 12.1 Å². The van der Waals surface area contributed by atoms with Gasteiger partial charge in [-0.25, -0.2) is 14.5 Å². The number of ether oxygens (including phenoxy) is 1. The Labute approximate surface area is 129 Å². The van der Waals surface area contributed by atoms with Gasteiger partial charge in [0.25, 0.3) is 0 Å². The molecule has 0 fully saturated rings. The number of carbonyl (C=O) groups excluding carboxylic acids is 3. The van der Waals surface area contributed by atoms with Crippen LogP contribution < -0.4 is 10.2 Å². The number of imide groups is 1. The fourth-order valence-corrected chi connectivity index (χ4v) is 1.98. The molecule has 7 nitrogen and oxygen atoms in total. The Bertz CT molecular complexity index is 503. The van der Waals surface area contributed by atoms with Crippen LogP contribution in [0.2, 0.25) is 0 Å². The molecule has 1 N–H and O–H groups in total. The SMILES string of the molecule is CCC(OC)N(C)C(=O)N(C(=O)NCC=O)c1ccccc1. The summed E-state index contributed by atoms with van der Waals surface area (Å²) in [5.74, 6) is 0. The van der Waals surface area contributed by atoms with E-state index in [1.807, 2.05) is 6.92 Å². The maximum Gasteiger partial charge on any atom is 0.334 e. The largest absolute Gasteiger partial charge is 0.361 e. The molecular weight excluding hydrogens is 286 g/mol. The van der Waals surface area contributed by atoms with Gasteiger partial charge in [0.15, 0.2) is 0 Å². The van der Waals surface area contributed by atoms with E-state index in [-0.39, 0.29) is 6.54 Å². The number of rotatable bonds is 6. The number of hydrogen-bond donors (Lipinski definition) is 1. The van der Waals surface area contributed by atoms with Gasteiger partial charge in [0.1, 0.15) is 12.5 Å². The fraction of sp³-hybridized carbons (Fsp3) is 0.400. The summed E-state index contributed by atoms with van der Waals surface area (Å²) in [5.41, 5.74) is 0.411. The minimum atomic E-state index is -0.666. The van der Waals surface area contributed by atoms with E-state index in [9.17, 15) is 14.4 Å². The third kappa shape index (κ3) is 4.29. The first-order valence-electron chi connectivity index (χ1n) is 6.93. The normalized spacial score (nSPS) is 11.4. The Morgan fingerprint density at radius 1 is 1.32 bits per heavy atom. The number of methoxy groups -OCH3 is 1. The van der Waals surface area contributed by atoms with Gasteiger partial charge in [0.05, 0.1) is 12.2 Å². The second kappa shape index (κ2) is 8.78. The van der Waals surface area contributed by atoms with Gasteiger partial charge in [-0.3, -0.25) is 0 Å². The van der Waals surface area contributed by atoms with Crippen molar-refractivity contribution in [2.75, 3.05) is 25.6 Å². The smallest absolute Gasteiger partial charge is 0.334 e. The van der Waals surface area contributed by atoms with Gasteiger partial charge in [-0.1, -0.05) is 25.1 Å². The number of nitrogens with one attached hydrogen (secondary N) is 1. The van der Waals surface area contributed by atoms with Crippen molar-refractivity contribution in [3.8, 4) is 0 Å². The summed E-state index contributed by atoms with van der Waals surface area (Å²) in [7, 11) is 3.06. The average molecular weight is 307 g/mol. The zero-order valence-electron chi connectivity index (χ0n) is 13.0. The van der Waals surface area contributed by atoms with E-state index in [1.165, 1.54) is 12.0 Å². The van der Waals surface area contributed by atoms with Crippen molar-refractivity contribution in [3.63, 3.8) is 0 Å². The number of amides is 4. The highest BCUT2D eigenvalue weighted by atomic mass is 16.5. The maximum atomic E-state index is 12.6. The van der Waals surface area contributed by atoms with Crippen molar-refractivity contribution in [3.05, 3.63) is 30.3 Å². The molecule has 1 rings (SSSR count). The van der Waals surface area contributed by atoms with Crippen molar-refractivity contribution in [2.45, 2.75) is 19.6 Å². The average Bonchev–Trinajstić information content (AvgIpc) is 2.55. The van der Waals surface area contributed by atoms with Gasteiger partial charge in [-0.2, -0.15) is 0 Å². The number of aldehydes is 1. The highest BCUT2D eigenvalue weighted by Crippen LogP contribution is 2.17. The van der Waals surface area contributed by atoms with Crippen LogP contribution in [-0.4, -0.2) is 50.2 Å². The van der Waals surface area contributed by atoms with Crippen molar-refractivity contribution in [1.82, 2.24) is 10.2 Å². The summed E-state index contributed by atoms with van der Waals surface area (Å²) >= 11 is 0. The first-order valence-corrected chi connectivity index (χ1v) is 6.93. The summed E-state index contributed by atoms with van der Waals surface area (Å²) in [6.07, 6.45) is 0.689. The van der Waals surface area contributed by atoms with Gasteiger partial charge in [0, 0.05) is 14.2 Å². The molecule has 0 spiro atoms. The Morgan fingerprint density at radius 2 is 1.95 bits per heavy atom. The van der Waals surface area contributed by atoms with E-state index < -0.39 is 18.3 Å². The second-order valence-corrected chi connectivity index (χ2v) is 4.52. The molecule has 1 aromatic rings. The number of benzene rings is 1. The lowest BCUT2D eigenvalue weighted by molar-refractivity contribution is -0.107. The van der Waals surface area contributed by atoms with Crippen molar-refractivity contribution >= 4 is 24.0 Å². The van der Waals surface area contributed by atoms with Crippen LogP contribution >= 0.6 is 0 Å². The Kier molecular flexibility index (Phi) is 7.04. The van der Waals surface area contributed by atoms with Crippen molar-refractivity contribution < 1.29 is 19.1 Å². The molecule has 0 radical (unpaired) electrons. The lowest BCUT2D eigenvalue weighted by Crippen LogP contribution is -2.52. The fourth-order valence-electron chi connectivity index (χ4n) is 1.98. The van der Waals surface area contributed by atoms with Crippen LogP contribution in [0.15, 0.2) is 30.3 Å². The Hall–Kier alpha value is -2.41. The molecule has 0 aliphatic rings. The van der Waals surface area contributed by atoms with E-state index in [4.69, 9.17) is 4.74 Å². The predicted octanol–water partition coefficient (Wildman–Crippen LogP) is 1.84. The van der Waals surface area contributed by atoms with Gasteiger partial charge < -0.3 is 19.7 Å². The van der Waals surface area contributed by atoms with Gasteiger partial charge in [0.2, 0.25) is 0 Å². The van der Waals surface area contributed by atoms with Crippen LogP contribution in [0.1, 0.15) is 13.3 Å². The third-order valence-electron chi connectivity index (χ3n) is 3.10. The summed E-state index contributed by atoms with van der Waals surface area (Å²) in [6.45, 7) is 1.71. The number of para-hydroxylation sites is 1. The van der Waals surface area contributed by atoms with Crippen LogP contribution in [0.3, 0.4) is 0 Å². The summed E-state index contributed by atoms with van der Waals surface area (Å²) in [6, 6.07) is 7.29. The van der Waals surface area contributed by atoms with Crippen LogP contribution in [0.25, 0.3) is 0 Å². The molecule has 0 aliphatic heterocycles. The standard InChI is InChI=1S/C15H21N3O4/c1-4-13(22-3)17(2)15(21)18(14(20)16-10-11-19)12-8-6-5-7-9-12/h5-9,11,13H,4,10H2,1-3H3,(H,16,20). The first-order chi connectivity index (χ1) is 10.6. The van der Waals surface area contributed by atoms with Gasteiger partial charge in [-0.05, 0) is 18.6 Å². The minimum Gasteiger partial charge on any atom is -0.361 e. The van der Waals surface area contributed by atoms with Crippen molar-refractivity contribution in [2.24, 2.45) is 0 Å². The quantitative estimate of drug-likeness (QED) is 0.642. The van der Waals surface area contributed by atoms with Gasteiger partial charge in [-0.15, -0.1) is 0 Å². The zero-order valence-corrected chi connectivity index (χ0v) is 13.0. The molecular formula is C15H21N3O4. The molecule has 0 saturated heterocycles. The molecule has 22 heavy (non-hydrogen) atoms. The number of nitrogens with zero attached hydrogens (tertiary/aromatic N) is 2. The van der Waals surface area contributed by atoms with E-state index in [2.05, 4.69) is 5.32 Å². The molecule has 0 heterocycles. The highest BCUT2D eigenvalue weighted by Gasteiger charge is 2.29. The molecule has 120 valence electrons. The zero-order chi connectivity index (χ0) is 16.5. The first kappa shape index (κ1) is 17.6. The lowest BCUT2D eigenvalue weighted by Gasteiger charge is -2.31. The van der Waals surface area contributed by atoms with E-state index in [1.54, 1.807) is 37.4 Å². The molecule has 0 aromatic heterocycles. The molecule has 0 saturated carbocycles. The molecule has 1 unspecified atom stereocenters. The molecule has 0 aliphatic carbocycles. The highest BCUT2D eigenvalue weighted by molar-refractivity contribution is 6.13. The van der Waals surface area contributed by atoms with Crippen LogP contribution in [0, 0.1) is 0 Å². The molecule has 1 aromatic carbocycles. The van der Waals surface area contributed by atoms with Crippen LogP contribution in [0.5, 0.6) is 0 Å². The predicted molar refractivity (Wildman–Crippen MR) is 82.6 cm³/mol. The summed E-state index contributed by atoms with van der Waals surface area (Å²) < 4.78 is 5.22. The monoisotopic (exact) mass is 307 g/mol. The lowest BCUT2D eigenvalue weighted by atomic mass is 10.3. The topological polar surface area (TPSA) is 79.0 Å². The maximum absolute atomic E-state index is 12.6. The van der Waals surface area contributed by atoms with E-state index in [0.717, 1.165) is 4.90 Å². The van der Waals surface area contributed by atoms with Crippen LogP contribution in [-0.2, 0) is 9.53 Å². The number of hydrogen-bond acceptors (Lipinski definition) is 4. The summed E-state index contributed by atoms with van der Waals surface area (Å²) in [5, 5.41) is 2.37. The molecule has 7 heteroatoms. The minimum absolute atomic E-state index is 0.166. The molecule has 4 amide bonds. The van der Waals surface area contributed by atoms with E-state index in [0.29, 0.717) is 18.4 Å². The number of anilines is 1.